The lowest BCUT2D eigenvalue weighted by atomic mass is 9.65. The molecule has 1 atom stereocenters. The molecule has 4 rings (SSSR count). The van der Waals surface area contributed by atoms with Crippen LogP contribution in [-0.2, 0) is 22.4 Å². The van der Waals surface area contributed by atoms with Crippen molar-refractivity contribution < 1.29 is 14.3 Å². The lowest BCUT2D eigenvalue weighted by molar-refractivity contribution is -0.138. The van der Waals surface area contributed by atoms with Crippen LogP contribution in [0.3, 0.4) is 0 Å². The van der Waals surface area contributed by atoms with Gasteiger partial charge in [-0.15, -0.1) is 0 Å². The number of fused-ring (bicyclic) bond motifs is 1. The number of aryl methyl sites for hydroxylation is 2. The van der Waals surface area contributed by atoms with E-state index in [4.69, 9.17) is 9.72 Å². The molecule has 38 heavy (non-hydrogen) atoms. The smallest absolute Gasteiger partial charge is 0.293 e. The lowest BCUT2D eigenvalue weighted by Gasteiger charge is -2.40. The highest BCUT2D eigenvalue weighted by Crippen LogP contribution is 2.46. The molecule has 2 aliphatic rings. The Kier molecular flexibility index (Phi) is 13.6. The first-order valence-electron chi connectivity index (χ1n) is 14.7. The van der Waals surface area contributed by atoms with Crippen molar-refractivity contribution >= 4 is 12.3 Å². The summed E-state index contributed by atoms with van der Waals surface area (Å²) in [5, 5.41) is 3.45. The zero-order valence-electron chi connectivity index (χ0n) is 24.9. The van der Waals surface area contributed by atoms with Crippen molar-refractivity contribution in [2.24, 2.45) is 11.8 Å². The fourth-order valence-electron chi connectivity index (χ4n) is 5.32. The van der Waals surface area contributed by atoms with Crippen molar-refractivity contribution in [3.63, 3.8) is 0 Å². The van der Waals surface area contributed by atoms with Crippen LogP contribution in [0.15, 0.2) is 30.5 Å². The van der Waals surface area contributed by atoms with Crippen molar-refractivity contribution in [1.29, 1.82) is 0 Å². The summed E-state index contributed by atoms with van der Waals surface area (Å²) in [6.45, 7) is 13.3. The zero-order chi connectivity index (χ0) is 28.0. The van der Waals surface area contributed by atoms with Gasteiger partial charge in [0.15, 0.2) is 0 Å². The third kappa shape index (κ3) is 10.3. The molecule has 2 aromatic heterocycles. The first kappa shape index (κ1) is 31.6. The van der Waals surface area contributed by atoms with Crippen LogP contribution >= 0.6 is 0 Å². The van der Waals surface area contributed by atoms with Crippen LogP contribution in [0.2, 0.25) is 0 Å². The van der Waals surface area contributed by atoms with Crippen molar-refractivity contribution in [2.45, 2.75) is 111 Å². The highest BCUT2D eigenvalue weighted by atomic mass is 16.5. The monoisotopic (exact) mass is 525 g/mol. The molecular formula is C32H51N3O3. The first-order valence-corrected chi connectivity index (χ1v) is 14.7. The van der Waals surface area contributed by atoms with Crippen molar-refractivity contribution in [1.82, 2.24) is 9.97 Å². The summed E-state index contributed by atoms with van der Waals surface area (Å²) in [5.41, 5.74) is 3.70. The standard InChI is InChI=1S/C25H35N3O.C5H10O2.C2H6/c1-3-23(20-11-13-24(29-2)27-17-20)21-15-18(16-21)7-4-5-9-22-12-10-19-8-6-14-26-25(19)28-22;1-5(2,3)7-4-6;1-2/h10-13,17-18,21,23H,3-9,14-16H2,1-2H3,(H,26,28);4H,1-3H3;1-2H3. The van der Waals surface area contributed by atoms with Gasteiger partial charge in [0.1, 0.15) is 11.4 Å². The number of anilines is 1. The minimum atomic E-state index is -0.318. The number of nitrogens with zero attached hydrogens (tertiary/aromatic N) is 2. The van der Waals surface area contributed by atoms with Gasteiger partial charge in [-0.2, -0.15) is 0 Å². The Labute approximate surface area is 231 Å². The average Bonchev–Trinajstić information content (AvgIpc) is 2.90. The highest BCUT2D eigenvalue weighted by Gasteiger charge is 2.34. The topological polar surface area (TPSA) is 73.3 Å². The van der Waals surface area contributed by atoms with Crippen molar-refractivity contribution in [3.8, 4) is 5.88 Å². The molecule has 0 spiro atoms. The Morgan fingerprint density at radius 2 is 1.89 bits per heavy atom. The van der Waals surface area contributed by atoms with Gasteiger partial charge in [-0.1, -0.05) is 45.7 Å². The van der Waals surface area contributed by atoms with E-state index in [1.165, 1.54) is 68.2 Å². The van der Waals surface area contributed by atoms with Crippen LogP contribution in [-0.4, -0.2) is 35.7 Å². The molecule has 6 heteroatoms. The summed E-state index contributed by atoms with van der Waals surface area (Å²) >= 11 is 0. The van der Waals surface area contributed by atoms with Crippen LogP contribution in [0.25, 0.3) is 0 Å². The maximum absolute atomic E-state index is 9.60. The molecule has 212 valence electrons. The van der Waals surface area contributed by atoms with E-state index in [0.29, 0.717) is 18.3 Å². The van der Waals surface area contributed by atoms with Crippen LogP contribution < -0.4 is 10.1 Å². The van der Waals surface area contributed by atoms with Crippen LogP contribution in [0.4, 0.5) is 5.82 Å². The molecule has 0 amide bonds. The predicted molar refractivity (Wildman–Crippen MR) is 157 cm³/mol. The molecule has 3 heterocycles. The Hall–Kier alpha value is -2.63. The Bertz CT molecular complexity index is 934. The SMILES string of the molecule is CC.CC(C)(C)OC=O.CCC(c1ccc(OC)nc1)C1CC(CCCCc2ccc3c(n2)NCCC3)C1. The third-order valence-corrected chi connectivity index (χ3v) is 7.33. The minimum Gasteiger partial charge on any atom is -0.481 e. The van der Waals surface area contributed by atoms with Gasteiger partial charge in [-0.05, 0) is 101 Å². The number of hydrogen-bond donors (Lipinski definition) is 1. The summed E-state index contributed by atoms with van der Waals surface area (Å²) in [7, 11) is 1.67. The van der Waals surface area contributed by atoms with E-state index < -0.39 is 0 Å². The number of unbranched alkanes of at least 4 members (excludes halogenated alkanes) is 1. The molecular weight excluding hydrogens is 474 g/mol. The molecule has 6 nitrogen and oxygen atoms in total. The number of carbonyl (C=O) groups is 1. The van der Waals surface area contributed by atoms with Gasteiger partial charge in [0, 0.05) is 24.5 Å². The third-order valence-electron chi connectivity index (χ3n) is 7.33. The van der Waals surface area contributed by atoms with Gasteiger partial charge in [-0.3, -0.25) is 4.79 Å². The van der Waals surface area contributed by atoms with Gasteiger partial charge in [0.2, 0.25) is 5.88 Å². The molecule has 0 radical (unpaired) electrons. The lowest BCUT2D eigenvalue weighted by Crippen LogP contribution is -2.29. The average molecular weight is 526 g/mol. The fraction of sp³-hybridized carbons (Fsp3) is 0.656. The van der Waals surface area contributed by atoms with Gasteiger partial charge >= 0.3 is 0 Å². The summed E-state index contributed by atoms with van der Waals surface area (Å²) < 4.78 is 9.74. The van der Waals surface area contributed by atoms with E-state index in [0.717, 1.165) is 30.6 Å². The second-order valence-corrected chi connectivity index (χ2v) is 11.2. The molecule has 0 aromatic carbocycles. The molecule has 0 saturated heterocycles. The molecule has 2 aromatic rings. The van der Waals surface area contributed by atoms with Crippen molar-refractivity contribution in [3.05, 3.63) is 47.3 Å². The Morgan fingerprint density at radius 3 is 2.47 bits per heavy atom. The second-order valence-electron chi connectivity index (χ2n) is 11.2. The Balaban J connectivity index is 0.000000491. The summed E-state index contributed by atoms with van der Waals surface area (Å²) in [5.74, 6) is 4.23. The summed E-state index contributed by atoms with van der Waals surface area (Å²) in [4.78, 5) is 18.8. The zero-order valence-corrected chi connectivity index (χ0v) is 24.9. The number of hydrogen-bond acceptors (Lipinski definition) is 6. The normalized spacial score (nSPS) is 18.6. The minimum absolute atomic E-state index is 0.318. The second kappa shape index (κ2) is 16.4. The van der Waals surface area contributed by atoms with Gasteiger partial charge < -0.3 is 14.8 Å². The number of pyridine rings is 2. The maximum Gasteiger partial charge on any atom is 0.293 e. The molecule has 1 N–H and O–H groups in total. The number of methoxy groups -OCH3 is 1. The number of rotatable bonds is 10. The predicted octanol–water partition coefficient (Wildman–Crippen LogP) is 7.76. The number of carbonyl (C=O) groups excluding carboxylic acids is 1. The molecule has 1 fully saturated rings. The van der Waals surface area contributed by atoms with Gasteiger partial charge in [0.25, 0.3) is 6.47 Å². The highest BCUT2D eigenvalue weighted by molar-refractivity contribution is 5.47. The molecule has 1 unspecified atom stereocenters. The molecule has 1 saturated carbocycles. The molecule has 1 aliphatic heterocycles. The van der Waals surface area contributed by atoms with Gasteiger partial charge in [0.05, 0.1) is 7.11 Å². The number of nitrogens with one attached hydrogen (secondary N) is 1. The van der Waals surface area contributed by atoms with E-state index in [2.05, 4.69) is 40.2 Å². The summed E-state index contributed by atoms with van der Waals surface area (Å²) in [6.07, 6.45) is 13.4. The van der Waals surface area contributed by atoms with E-state index >= 15 is 0 Å². The molecule has 1 aliphatic carbocycles. The summed E-state index contributed by atoms with van der Waals surface area (Å²) in [6, 6.07) is 8.71. The largest absolute Gasteiger partial charge is 0.481 e. The number of aromatic nitrogens is 2. The maximum atomic E-state index is 9.60. The van der Waals surface area contributed by atoms with Crippen LogP contribution in [0.5, 0.6) is 5.88 Å². The quantitative estimate of drug-likeness (QED) is 0.252. The first-order chi connectivity index (χ1) is 18.3. The van der Waals surface area contributed by atoms with E-state index in [-0.39, 0.29) is 5.60 Å². The van der Waals surface area contributed by atoms with E-state index in [1.54, 1.807) is 7.11 Å². The van der Waals surface area contributed by atoms with E-state index in [1.807, 2.05) is 46.9 Å². The van der Waals surface area contributed by atoms with Crippen LogP contribution in [0.1, 0.15) is 109 Å². The Morgan fingerprint density at radius 1 is 1.13 bits per heavy atom. The van der Waals surface area contributed by atoms with Crippen LogP contribution in [0, 0.1) is 11.8 Å². The number of ether oxygens (including phenoxy) is 2. The van der Waals surface area contributed by atoms with Crippen molar-refractivity contribution in [2.75, 3.05) is 19.0 Å². The van der Waals surface area contributed by atoms with E-state index in [9.17, 15) is 4.79 Å². The molecule has 0 bridgehead atoms. The fourth-order valence-corrected chi connectivity index (χ4v) is 5.32. The van der Waals surface area contributed by atoms with Gasteiger partial charge in [-0.25, -0.2) is 9.97 Å².